The monoisotopic (exact) mass is 355 g/mol. The lowest BCUT2D eigenvalue weighted by Crippen LogP contribution is -2.64. The molecule has 2 heterocycles. The van der Waals surface area contributed by atoms with Gasteiger partial charge in [0, 0.05) is 6.54 Å². The Bertz CT molecular complexity index is 576. The molecule has 1 aliphatic heterocycles. The van der Waals surface area contributed by atoms with Crippen molar-refractivity contribution in [3.05, 3.63) is 10.8 Å². The minimum Gasteiger partial charge on any atom is -0.369 e. The van der Waals surface area contributed by atoms with E-state index < -0.39 is 5.54 Å². The molecule has 0 spiro atoms. The van der Waals surface area contributed by atoms with Gasteiger partial charge in [0.2, 0.25) is 5.91 Å². The number of piperazine rings is 1. The van der Waals surface area contributed by atoms with Crippen LogP contribution in [0.25, 0.3) is 0 Å². The van der Waals surface area contributed by atoms with E-state index in [9.17, 15) is 9.59 Å². The lowest BCUT2D eigenvalue weighted by atomic mass is 9.99. The molecule has 2 rings (SSSR count). The summed E-state index contributed by atoms with van der Waals surface area (Å²) in [6.45, 7) is 6.41. The summed E-state index contributed by atoms with van der Waals surface area (Å²) in [4.78, 5) is 33.8. The van der Waals surface area contributed by atoms with Crippen LogP contribution in [0.4, 0.5) is 11.6 Å². The third-order valence-electron chi connectivity index (χ3n) is 3.35. The Labute approximate surface area is 131 Å². The molecule has 0 unspecified atom stereocenters. The third-order valence-corrected chi connectivity index (χ3v) is 4.08. The summed E-state index contributed by atoms with van der Waals surface area (Å²) < 4.78 is 0.647. The highest BCUT2D eigenvalue weighted by Gasteiger charge is 2.42. The second-order valence-corrected chi connectivity index (χ2v) is 6.10. The van der Waals surface area contributed by atoms with Gasteiger partial charge in [-0.25, -0.2) is 9.97 Å². The van der Waals surface area contributed by atoms with Gasteiger partial charge >= 0.3 is 0 Å². The van der Waals surface area contributed by atoms with Crippen molar-refractivity contribution >= 4 is 39.4 Å². The van der Waals surface area contributed by atoms with Crippen LogP contribution in [0.3, 0.4) is 0 Å². The number of hydrogen-bond acceptors (Lipinski definition) is 6. The number of imide groups is 1. The molecule has 0 bridgehead atoms. The van der Waals surface area contributed by atoms with Crippen molar-refractivity contribution in [3.8, 4) is 0 Å². The van der Waals surface area contributed by atoms with Crippen LogP contribution >= 0.6 is 15.9 Å². The average molecular weight is 356 g/mol. The fraction of sp³-hybridized carbons (Fsp3) is 0.538. The molecule has 0 aliphatic carbocycles. The number of carbonyl (C=O) groups is 2. The molecule has 0 saturated carbocycles. The Morgan fingerprint density at radius 1 is 1.43 bits per heavy atom. The molecule has 1 saturated heterocycles. The standard InChI is InChI=1S/C13H18BrN5O2/c1-4-5-15-10-9(14)11(17-7-16-10)19-6-8(20)18-12(21)13(19,2)3/h7H,4-6H2,1-3H3,(H,15,16,17)(H,18,20,21). The average Bonchev–Trinajstić information content (AvgIpc) is 2.42. The first-order valence-electron chi connectivity index (χ1n) is 6.74. The molecule has 21 heavy (non-hydrogen) atoms. The van der Waals surface area contributed by atoms with Crippen LogP contribution in [0.15, 0.2) is 10.8 Å². The second-order valence-electron chi connectivity index (χ2n) is 5.31. The molecule has 2 amide bonds. The summed E-state index contributed by atoms with van der Waals surface area (Å²) in [7, 11) is 0. The van der Waals surface area contributed by atoms with E-state index in [0.717, 1.165) is 13.0 Å². The van der Waals surface area contributed by atoms with E-state index >= 15 is 0 Å². The Hall–Kier alpha value is -1.70. The molecular formula is C13H18BrN5O2. The summed E-state index contributed by atoms with van der Waals surface area (Å²) in [6, 6.07) is 0. The highest BCUT2D eigenvalue weighted by molar-refractivity contribution is 9.10. The summed E-state index contributed by atoms with van der Waals surface area (Å²) >= 11 is 3.47. The Balaban J connectivity index is 2.40. The normalized spacial score (nSPS) is 17.6. The molecule has 8 heteroatoms. The molecule has 0 aromatic carbocycles. The molecule has 7 nitrogen and oxygen atoms in total. The van der Waals surface area contributed by atoms with Gasteiger partial charge in [0.1, 0.15) is 28.0 Å². The lowest BCUT2D eigenvalue weighted by molar-refractivity contribution is -0.135. The van der Waals surface area contributed by atoms with Gasteiger partial charge in [0.15, 0.2) is 0 Å². The van der Waals surface area contributed by atoms with Crippen molar-refractivity contribution in [2.45, 2.75) is 32.7 Å². The van der Waals surface area contributed by atoms with Crippen LogP contribution in [0, 0.1) is 0 Å². The maximum absolute atomic E-state index is 12.0. The lowest BCUT2D eigenvalue weighted by Gasteiger charge is -2.41. The number of rotatable bonds is 4. The van der Waals surface area contributed by atoms with Crippen LogP contribution < -0.4 is 15.5 Å². The first-order chi connectivity index (χ1) is 9.87. The van der Waals surface area contributed by atoms with Crippen LogP contribution in [-0.2, 0) is 9.59 Å². The molecule has 0 atom stereocenters. The van der Waals surface area contributed by atoms with E-state index in [1.807, 2.05) is 0 Å². The van der Waals surface area contributed by atoms with Gasteiger partial charge < -0.3 is 10.2 Å². The van der Waals surface area contributed by atoms with Gasteiger partial charge in [-0.2, -0.15) is 0 Å². The summed E-state index contributed by atoms with van der Waals surface area (Å²) in [5.74, 6) is 0.494. The van der Waals surface area contributed by atoms with Crippen LogP contribution in [-0.4, -0.2) is 40.4 Å². The zero-order valence-electron chi connectivity index (χ0n) is 12.2. The van der Waals surface area contributed by atoms with E-state index in [1.54, 1.807) is 18.7 Å². The molecule has 0 radical (unpaired) electrons. The highest BCUT2D eigenvalue weighted by Crippen LogP contribution is 2.34. The fourth-order valence-corrected chi connectivity index (χ4v) is 2.60. The van der Waals surface area contributed by atoms with Crippen molar-refractivity contribution in [1.82, 2.24) is 15.3 Å². The Morgan fingerprint density at radius 2 is 2.14 bits per heavy atom. The second kappa shape index (κ2) is 5.97. The van der Waals surface area contributed by atoms with E-state index in [4.69, 9.17) is 0 Å². The van der Waals surface area contributed by atoms with Crippen molar-refractivity contribution in [3.63, 3.8) is 0 Å². The largest absolute Gasteiger partial charge is 0.369 e. The van der Waals surface area contributed by atoms with Gasteiger partial charge in [-0.05, 0) is 36.2 Å². The van der Waals surface area contributed by atoms with E-state index in [-0.39, 0.29) is 18.4 Å². The van der Waals surface area contributed by atoms with E-state index in [2.05, 4.69) is 43.5 Å². The number of carbonyl (C=O) groups excluding carboxylic acids is 2. The molecule has 1 fully saturated rings. The molecule has 2 N–H and O–H groups in total. The number of nitrogens with zero attached hydrogens (tertiary/aromatic N) is 3. The predicted octanol–water partition coefficient (Wildman–Crippen LogP) is 1.30. The Morgan fingerprint density at radius 3 is 2.81 bits per heavy atom. The van der Waals surface area contributed by atoms with Gasteiger partial charge in [-0.3, -0.25) is 14.9 Å². The summed E-state index contributed by atoms with van der Waals surface area (Å²) in [5, 5.41) is 5.53. The van der Waals surface area contributed by atoms with E-state index in [0.29, 0.717) is 16.1 Å². The van der Waals surface area contributed by atoms with Crippen molar-refractivity contribution < 1.29 is 9.59 Å². The predicted molar refractivity (Wildman–Crippen MR) is 83.1 cm³/mol. The highest BCUT2D eigenvalue weighted by atomic mass is 79.9. The molecule has 114 valence electrons. The quantitative estimate of drug-likeness (QED) is 0.791. The van der Waals surface area contributed by atoms with Crippen LogP contribution in [0.2, 0.25) is 0 Å². The first-order valence-corrected chi connectivity index (χ1v) is 7.53. The SMILES string of the molecule is CCCNc1ncnc(N2CC(=O)NC(=O)C2(C)C)c1Br. The maximum Gasteiger partial charge on any atom is 0.251 e. The molecule has 1 aliphatic rings. The molecular weight excluding hydrogens is 338 g/mol. The van der Waals surface area contributed by atoms with E-state index in [1.165, 1.54) is 6.33 Å². The number of nitrogens with one attached hydrogen (secondary N) is 2. The topological polar surface area (TPSA) is 87.2 Å². The van der Waals surface area contributed by atoms with Crippen molar-refractivity contribution in [2.24, 2.45) is 0 Å². The summed E-state index contributed by atoms with van der Waals surface area (Å²) in [5.41, 5.74) is -0.868. The zero-order chi connectivity index (χ0) is 15.6. The smallest absolute Gasteiger partial charge is 0.251 e. The first kappa shape index (κ1) is 15.7. The number of amides is 2. The van der Waals surface area contributed by atoms with Gasteiger partial charge in [0.05, 0.1) is 6.54 Å². The maximum atomic E-state index is 12.0. The zero-order valence-corrected chi connectivity index (χ0v) is 13.8. The fourth-order valence-electron chi connectivity index (χ4n) is 2.04. The minimum atomic E-state index is -0.868. The number of hydrogen-bond donors (Lipinski definition) is 2. The molecule has 1 aromatic rings. The third kappa shape index (κ3) is 2.99. The Kier molecular flexibility index (Phi) is 4.46. The summed E-state index contributed by atoms with van der Waals surface area (Å²) in [6.07, 6.45) is 2.38. The van der Waals surface area contributed by atoms with Crippen LogP contribution in [0.1, 0.15) is 27.2 Å². The number of aromatic nitrogens is 2. The van der Waals surface area contributed by atoms with Crippen molar-refractivity contribution in [2.75, 3.05) is 23.3 Å². The van der Waals surface area contributed by atoms with Crippen LogP contribution in [0.5, 0.6) is 0 Å². The van der Waals surface area contributed by atoms with Gasteiger partial charge in [-0.1, -0.05) is 6.92 Å². The van der Waals surface area contributed by atoms with Gasteiger partial charge in [-0.15, -0.1) is 0 Å². The van der Waals surface area contributed by atoms with Gasteiger partial charge in [0.25, 0.3) is 5.91 Å². The van der Waals surface area contributed by atoms with Crippen molar-refractivity contribution in [1.29, 1.82) is 0 Å². The number of halogens is 1. The minimum absolute atomic E-state index is 0.0710. The number of anilines is 2. The molecule has 1 aromatic heterocycles.